The number of nitrogens with one attached hydrogen (secondary N) is 1. The zero-order valence-corrected chi connectivity index (χ0v) is 12.1. The third kappa shape index (κ3) is 2.44. The number of fused-ring (bicyclic) bond motifs is 1. The molecule has 0 amide bonds. The van der Waals surface area contributed by atoms with E-state index in [4.69, 9.17) is 9.47 Å². The summed E-state index contributed by atoms with van der Waals surface area (Å²) in [6.45, 7) is 2.46. The number of benzene rings is 2. The van der Waals surface area contributed by atoms with Crippen molar-refractivity contribution in [3.05, 3.63) is 53.6 Å². The zero-order valence-electron chi connectivity index (χ0n) is 12.1. The first kappa shape index (κ1) is 12.6. The van der Waals surface area contributed by atoms with E-state index in [0.29, 0.717) is 18.8 Å². The van der Waals surface area contributed by atoms with Gasteiger partial charge in [-0.1, -0.05) is 29.8 Å². The van der Waals surface area contributed by atoms with Crippen molar-refractivity contribution in [3.8, 4) is 11.5 Å². The molecule has 1 aliphatic heterocycles. The fraction of sp³-hybridized carbons (Fsp3) is 0.333. The van der Waals surface area contributed by atoms with Gasteiger partial charge in [-0.2, -0.15) is 0 Å². The minimum absolute atomic E-state index is 0.331. The molecule has 2 aliphatic rings. The lowest BCUT2D eigenvalue weighted by molar-refractivity contribution is 0.174. The largest absolute Gasteiger partial charge is 0.454 e. The second kappa shape index (κ2) is 4.99. The molecule has 0 saturated heterocycles. The second-order valence-corrected chi connectivity index (χ2v) is 5.99. The van der Waals surface area contributed by atoms with E-state index in [0.717, 1.165) is 17.2 Å². The lowest BCUT2D eigenvalue weighted by Crippen LogP contribution is -2.33. The van der Waals surface area contributed by atoms with Crippen molar-refractivity contribution in [2.75, 3.05) is 12.1 Å². The van der Waals surface area contributed by atoms with Gasteiger partial charge >= 0.3 is 0 Å². The Bertz CT molecular complexity index is 645. The molecule has 0 aromatic heterocycles. The van der Waals surface area contributed by atoms with Crippen LogP contribution < -0.4 is 14.8 Å². The van der Waals surface area contributed by atoms with Gasteiger partial charge in [0.1, 0.15) is 0 Å². The Labute approximate surface area is 124 Å². The molecule has 2 aromatic rings. The fourth-order valence-electron chi connectivity index (χ4n) is 3.07. The molecule has 3 heteroatoms. The summed E-state index contributed by atoms with van der Waals surface area (Å²) in [5, 5.41) is 3.58. The van der Waals surface area contributed by atoms with Gasteiger partial charge in [0.2, 0.25) is 6.79 Å². The summed E-state index contributed by atoms with van der Waals surface area (Å²) in [6.07, 6.45) is 2.38. The van der Waals surface area contributed by atoms with E-state index < -0.39 is 0 Å². The predicted molar refractivity (Wildman–Crippen MR) is 83.1 cm³/mol. The smallest absolute Gasteiger partial charge is 0.231 e. The minimum Gasteiger partial charge on any atom is -0.454 e. The van der Waals surface area contributed by atoms with Crippen LogP contribution in [0.5, 0.6) is 11.5 Å². The predicted octanol–water partition coefficient (Wildman–Crippen LogP) is 4.08. The molecule has 1 saturated carbocycles. The Kier molecular flexibility index (Phi) is 2.99. The zero-order chi connectivity index (χ0) is 14.2. The van der Waals surface area contributed by atoms with Crippen LogP contribution in [0.2, 0.25) is 0 Å². The summed E-state index contributed by atoms with van der Waals surface area (Å²) in [6, 6.07) is 15.5. The second-order valence-electron chi connectivity index (χ2n) is 5.99. The van der Waals surface area contributed by atoms with Crippen molar-refractivity contribution >= 4 is 5.69 Å². The standard InChI is InChI=1S/C18H19NO2/c1-12-2-4-13(5-3-12)14-8-16(9-14)19-15-6-7-17-18(10-15)21-11-20-17/h2-7,10,14,16,19H,8-9,11H2,1H3. The molecule has 0 spiro atoms. The SMILES string of the molecule is Cc1ccc(C2CC(Nc3ccc4c(c3)OCO4)C2)cc1. The average molecular weight is 281 g/mol. The molecule has 0 unspecified atom stereocenters. The van der Waals surface area contributed by atoms with Gasteiger partial charge in [0.05, 0.1) is 0 Å². The number of hydrogen-bond donors (Lipinski definition) is 1. The Morgan fingerprint density at radius 1 is 0.952 bits per heavy atom. The maximum atomic E-state index is 5.41. The first-order valence-corrected chi connectivity index (χ1v) is 7.51. The van der Waals surface area contributed by atoms with Crippen molar-refractivity contribution in [2.45, 2.75) is 31.7 Å². The topological polar surface area (TPSA) is 30.5 Å². The highest BCUT2D eigenvalue weighted by Crippen LogP contribution is 2.40. The van der Waals surface area contributed by atoms with Gasteiger partial charge in [-0.05, 0) is 43.4 Å². The third-order valence-electron chi connectivity index (χ3n) is 4.43. The van der Waals surface area contributed by atoms with Crippen LogP contribution >= 0.6 is 0 Å². The van der Waals surface area contributed by atoms with Crippen molar-refractivity contribution < 1.29 is 9.47 Å². The van der Waals surface area contributed by atoms with Crippen LogP contribution in [0.25, 0.3) is 0 Å². The van der Waals surface area contributed by atoms with Gasteiger partial charge in [-0.3, -0.25) is 0 Å². The van der Waals surface area contributed by atoms with Crippen LogP contribution in [0.1, 0.15) is 29.9 Å². The molecular formula is C18H19NO2. The van der Waals surface area contributed by atoms with Crippen LogP contribution in [0.15, 0.2) is 42.5 Å². The van der Waals surface area contributed by atoms with E-state index in [-0.39, 0.29) is 0 Å². The van der Waals surface area contributed by atoms with Crippen molar-refractivity contribution in [1.29, 1.82) is 0 Å². The normalized spacial score (nSPS) is 22.7. The van der Waals surface area contributed by atoms with Crippen LogP contribution in [-0.2, 0) is 0 Å². The highest BCUT2D eigenvalue weighted by molar-refractivity contribution is 5.56. The minimum atomic E-state index is 0.331. The highest BCUT2D eigenvalue weighted by atomic mass is 16.7. The van der Waals surface area contributed by atoms with Gasteiger partial charge in [0.15, 0.2) is 11.5 Å². The molecule has 0 atom stereocenters. The molecule has 1 fully saturated rings. The molecule has 0 radical (unpaired) electrons. The summed E-state index contributed by atoms with van der Waals surface area (Å²) in [4.78, 5) is 0. The summed E-state index contributed by atoms with van der Waals surface area (Å²) >= 11 is 0. The first-order valence-electron chi connectivity index (χ1n) is 7.51. The maximum absolute atomic E-state index is 5.41. The Hall–Kier alpha value is -2.16. The highest BCUT2D eigenvalue weighted by Gasteiger charge is 2.30. The van der Waals surface area contributed by atoms with Crippen molar-refractivity contribution in [1.82, 2.24) is 0 Å². The van der Waals surface area contributed by atoms with Crippen LogP contribution in [0, 0.1) is 6.92 Å². The molecule has 0 bridgehead atoms. The van der Waals surface area contributed by atoms with Crippen LogP contribution in [0.4, 0.5) is 5.69 Å². The molecule has 21 heavy (non-hydrogen) atoms. The van der Waals surface area contributed by atoms with E-state index in [2.05, 4.69) is 42.6 Å². The lowest BCUT2D eigenvalue weighted by atomic mass is 9.75. The number of anilines is 1. The fourth-order valence-corrected chi connectivity index (χ4v) is 3.07. The number of aryl methyl sites for hydroxylation is 1. The molecule has 4 rings (SSSR count). The molecule has 3 nitrogen and oxygen atoms in total. The quantitative estimate of drug-likeness (QED) is 0.919. The monoisotopic (exact) mass is 281 g/mol. The van der Waals surface area contributed by atoms with E-state index in [1.165, 1.54) is 24.0 Å². The summed E-state index contributed by atoms with van der Waals surface area (Å²) in [5.74, 6) is 2.37. The van der Waals surface area contributed by atoms with Gasteiger partial charge in [0, 0.05) is 17.8 Å². The van der Waals surface area contributed by atoms with Crippen LogP contribution in [0.3, 0.4) is 0 Å². The summed E-state index contributed by atoms with van der Waals surface area (Å²) in [7, 11) is 0. The molecule has 2 aromatic carbocycles. The molecule has 1 heterocycles. The van der Waals surface area contributed by atoms with E-state index in [9.17, 15) is 0 Å². The van der Waals surface area contributed by atoms with E-state index in [1.54, 1.807) is 0 Å². The van der Waals surface area contributed by atoms with Crippen molar-refractivity contribution in [3.63, 3.8) is 0 Å². The number of ether oxygens (including phenoxy) is 2. The van der Waals surface area contributed by atoms with Gasteiger partial charge in [-0.25, -0.2) is 0 Å². The van der Waals surface area contributed by atoms with Crippen LogP contribution in [-0.4, -0.2) is 12.8 Å². The molecular weight excluding hydrogens is 262 g/mol. The maximum Gasteiger partial charge on any atom is 0.231 e. The molecule has 1 aliphatic carbocycles. The van der Waals surface area contributed by atoms with E-state index in [1.807, 2.05) is 12.1 Å². The Morgan fingerprint density at radius 3 is 2.52 bits per heavy atom. The summed E-state index contributed by atoms with van der Waals surface area (Å²) < 4.78 is 10.7. The number of rotatable bonds is 3. The Morgan fingerprint density at radius 2 is 1.71 bits per heavy atom. The van der Waals surface area contributed by atoms with E-state index >= 15 is 0 Å². The third-order valence-corrected chi connectivity index (χ3v) is 4.43. The van der Waals surface area contributed by atoms with Crippen molar-refractivity contribution in [2.24, 2.45) is 0 Å². The Balaban J connectivity index is 1.37. The average Bonchev–Trinajstić information content (AvgIpc) is 2.91. The van der Waals surface area contributed by atoms with Gasteiger partial charge < -0.3 is 14.8 Å². The molecule has 1 N–H and O–H groups in total. The van der Waals surface area contributed by atoms with Gasteiger partial charge in [0.25, 0.3) is 0 Å². The number of hydrogen-bond acceptors (Lipinski definition) is 3. The molecule has 108 valence electrons. The first-order chi connectivity index (χ1) is 10.3. The lowest BCUT2D eigenvalue weighted by Gasteiger charge is -2.37. The van der Waals surface area contributed by atoms with Gasteiger partial charge in [-0.15, -0.1) is 0 Å². The summed E-state index contributed by atoms with van der Waals surface area (Å²) in [5.41, 5.74) is 3.91.